The van der Waals surface area contributed by atoms with Crippen LogP contribution in [0.1, 0.15) is 40.5 Å². The molecule has 0 amide bonds. The maximum atomic E-state index is 12.0. The number of aliphatic hydroxyl groups is 2. The van der Waals surface area contributed by atoms with Crippen LogP contribution in [0.15, 0.2) is 0 Å². The summed E-state index contributed by atoms with van der Waals surface area (Å²) < 4.78 is 25.1. The number of aliphatic hydroxyl groups excluding tert-OH is 1. The monoisotopic (exact) mass is 366 g/mol. The molecule has 6 heteroatoms. The van der Waals surface area contributed by atoms with E-state index in [4.69, 9.17) is 18.9 Å². The van der Waals surface area contributed by atoms with Crippen molar-refractivity contribution in [3.63, 3.8) is 0 Å². The normalized spacial score (nSPS) is 65.3. The van der Waals surface area contributed by atoms with Gasteiger partial charge in [0.2, 0.25) is 0 Å². The van der Waals surface area contributed by atoms with Crippen molar-refractivity contribution in [2.45, 2.75) is 76.3 Å². The van der Waals surface area contributed by atoms with Crippen LogP contribution in [-0.4, -0.2) is 65.8 Å². The fraction of sp³-hybridized carbons (Fsp3) is 1.00. The van der Waals surface area contributed by atoms with Gasteiger partial charge < -0.3 is 29.2 Å². The van der Waals surface area contributed by atoms with E-state index in [1.807, 2.05) is 6.92 Å². The van der Waals surface area contributed by atoms with Gasteiger partial charge in [-0.25, -0.2) is 0 Å². The van der Waals surface area contributed by atoms with Crippen molar-refractivity contribution in [2.24, 2.45) is 28.1 Å². The van der Waals surface area contributed by atoms with Crippen LogP contribution in [0.2, 0.25) is 0 Å². The van der Waals surface area contributed by atoms with Crippen LogP contribution in [0, 0.1) is 28.1 Å². The Morgan fingerprint density at radius 1 is 1.12 bits per heavy atom. The molecular formula is C20H30O6. The zero-order valence-corrected chi connectivity index (χ0v) is 16.0. The smallest absolute Gasteiger partial charge is 0.165 e. The topological polar surface area (TPSA) is 77.4 Å². The summed E-state index contributed by atoms with van der Waals surface area (Å²) in [5.74, 6) is 0.176. The number of fused-ring (bicyclic) bond motifs is 1. The molecule has 6 nitrogen and oxygen atoms in total. The molecule has 26 heavy (non-hydrogen) atoms. The Labute approximate surface area is 154 Å². The number of ether oxygens (including phenoxy) is 4. The van der Waals surface area contributed by atoms with E-state index in [0.717, 1.165) is 12.8 Å². The lowest BCUT2D eigenvalue weighted by Crippen LogP contribution is -2.63. The summed E-state index contributed by atoms with van der Waals surface area (Å²) in [5.41, 5.74) is -3.16. The minimum Gasteiger partial charge on any atom is -0.389 e. The predicted octanol–water partition coefficient (Wildman–Crippen LogP) is 1.08. The molecule has 6 fully saturated rings. The van der Waals surface area contributed by atoms with Gasteiger partial charge in [0.25, 0.3) is 0 Å². The standard InChI is InChI=1S/C20H30O6/c1-10-8-24-14-13(21)19-12-7-11(16(2,3)4)17(19)5-6-23-15(17)26-18(19,9-25-12)20(10,14)22/h10-15,21-22H,5-9H2,1-4H3/t10-,11+,12?,13+,14?,15?,17?,18-,19?,20-/m1/s1. The van der Waals surface area contributed by atoms with Gasteiger partial charge in [0.15, 0.2) is 6.29 Å². The Kier molecular flexibility index (Phi) is 2.79. The van der Waals surface area contributed by atoms with Gasteiger partial charge in [-0.3, -0.25) is 0 Å². The molecule has 0 aromatic heterocycles. The molecule has 6 aliphatic rings. The minimum absolute atomic E-state index is 0.0281. The van der Waals surface area contributed by atoms with Crippen LogP contribution in [0.5, 0.6) is 0 Å². The van der Waals surface area contributed by atoms with Crippen LogP contribution in [-0.2, 0) is 18.9 Å². The molecule has 2 spiro atoms. The molecule has 0 aromatic rings. The molecule has 2 aliphatic carbocycles. The second-order valence-electron chi connectivity index (χ2n) is 10.7. The van der Waals surface area contributed by atoms with Gasteiger partial charge in [-0.1, -0.05) is 27.7 Å². The Bertz CT molecular complexity index is 676. The van der Waals surface area contributed by atoms with Crippen molar-refractivity contribution in [3.8, 4) is 0 Å². The molecule has 0 radical (unpaired) electrons. The highest BCUT2D eigenvalue weighted by Crippen LogP contribution is 2.84. The molecule has 4 saturated heterocycles. The average Bonchev–Trinajstić information content (AvgIpc) is 3.29. The summed E-state index contributed by atoms with van der Waals surface area (Å²) in [6.07, 6.45) is -0.199. The maximum absolute atomic E-state index is 12.0. The van der Waals surface area contributed by atoms with Gasteiger partial charge in [-0.15, -0.1) is 0 Å². The third-order valence-electron chi connectivity index (χ3n) is 9.18. The van der Waals surface area contributed by atoms with Crippen LogP contribution in [0.3, 0.4) is 0 Å². The molecular weight excluding hydrogens is 336 g/mol. The van der Waals surface area contributed by atoms with E-state index in [-0.39, 0.29) is 29.1 Å². The highest BCUT2D eigenvalue weighted by Gasteiger charge is 2.97. The van der Waals surface area contributed by atoms with E-state index in [1.165, 1.54) is 0 Å². The SMILES string of the molecule is C[C@@H]1COC2[C@H](O)C34C5C[C@@H](C(C)(C)C)C36CCOC6O[C@@]4(CO5)[C@]21O. The average molecular weight is 366 g/mol. The molecule has 2 N–H and O–H groups in total. The summed E-state index contributed by atoms with van der Waals surface area (Å²) in [5, 5.41) is 23.7. The van der Waals surface area contributed by atoms with Gasteiger partial charge in [-0.2, -0.15) is 0 Å². The Balaban J connectivity index is 1.65. The van der Waals surface area contributed by atoms with Crippen molar-refractivity contribution >= 4 is 0 Å². The van der Waals surface area contributed by atoms with Crippen molar-refractivity contribution in [1.29, 1.82) is 0 Å². The van der Waals surface area contributed by atoms with Gasteiger partial charge in [0.1, 0.15) is 17.3 Å². The van der Waals surface area contributed by atoms with Gasteiger partial charge in [0, 0.05) is 11.3 Å². The zero-order valence-electron chi connectivity index (χ0n) is 16.0. The maximum Gasteiger partial charge on any atom is 0.165 e. The molecule has 6 rings (SSSR count). The summed E-state index contributed by atoms with van der Waals surface area (Å²) >= 11 is 0. The van der Waals surface area contributed by atoms with Gasteiger partial charge >= 0.3 is 0 Å². The predicted molar refractivity (Wildman–Crippen MR) is 90.2 cm³/mol. The third-order valence-corrected chi connectivity index (χ3v) is 9.18. The van der Waals surface area contributed by atoms with E-state index in [1.54, 1.807) is 0 Å². The lowest BCUT2D eigenvalue weighted by atomic mass is 9.52. The fourth-order valence-corrected chi connectivity index (χ4v) is 8.52. The van der Waals surface area contributed by atoms with E-state index in [0.29, 0.717) is 25.7 Å². The molecule has 2 saturated carbocycles. The van der Waals surface area contributed by atoms with E-state index < -0.39 is 28.8 Å². The second kappa shape index (κ2) is 4.34. The van der Waals surface area contributed by atoms with Crippen molar-refractivity contribution in [3.05, 3.63) is 0 Å². The van der Waals surface area contributed by atoms with E-state index >= 15 is 0 Å². The lowest BCUT2D eigenvalue weighted by Gasteiger charge is -2.48. The number of hydrogen-bond acceptors (Lipinski definition) is 6. The fourth-order valence-electron chi connectivity index (χ4n) is 8.52. The van der Waals surface area contributed by atoms with Crippen molar-refractivity contribution < 1.29 is 29.2 Å². The highest BCUT2D eigenvalue weighted by atomic mass is 16.7. The summed E-state index contributed by atoms with van der Waals surface area (Å²) in [4.78, 5) is 0. The first kappa shape index (κ1) is 16.7. The zero-order chi connectivity index (χ0) is 18.3. The summed E-state index contributed by atoms with van der Waals surface area (Å²) in [7, 11) is 0. The van der Waals surface area contributed by atoms with Crippen molar-refractivity contribution in [1.82, 2.24) is 0 Å². The first-order chi connectivity index (χ1) is 12.2. The summed E-state index contributed by atoms with van der Waals surface area (Å²) in [6, 6.07) is 0. The Morgan fingerprint density at radius 2 is 1.88 bits per heavy atom. The largest absolute Gasteiger partial charge is 0.389 e. The third kappa shape index (κ3) is 1.24. The van der Waals surface area contributed by atoms with Crippen LogP contribution in [0.25, 0.3) is 0 Å². The van der Waals surface area contributed by atoms with Crippen molar-refractivity contribution in [2.75, 3.05) is 19.8 Å². The highest BCUT2D eigenvalue weighted by molar-refractivity contribution is 5.42. The first-order valence-electron chi connectivity index (χ1n) is 10.1. The number of hydrogen-bond donors (Lipinski definition) is 2. The molecule has 0 aromatic carbocycles. The molecule has 5 unspecified atom stereocenters. The molecule has 4 aliphatic heterocycles. The van der Waals surface area contributed by atoms with E-state index in [9.17, 15) is 10.2 Å². The molecule has 4 heterocycles. The van der Waals surface area contributed by atoms with Crippen LogP contribution < -0.4 is 0 Å². The Morgan fingerprint density at radius 3 is 2.62 bits per heavy atom. The quantitative estimate of drug-likeness (QED) is 0.668. The van der Waals surface area contributed by atoms with Gasteiger partial charge in [0.05, 0.1) is 37.4 Å². The number of rotatable bonds is 0. The lowest BCUT2D eigenvalue weighted by molar-refractivity contribution is -0.245. The second-order valence-corrected chi connectivity index (χ2v) is 10.7. The van der Waals surface area contributed by atoms with E-state index in [2.05, 4.69) is 20.8 Å². The van der Waals surface area contributed by atoms with Crippen LogP contribution in [0.4, 0.5) is 0 Å². The molecule has 10 atom stereocenters. The van der Waals surface area contributed by atoms with Crippen LogP contribution >= 0.6 is 0 Å². The summed E-state index contributed by atoms with van der Waals surface area (Å²) in [6.45, 7) is 10.2. The molecule has 146 valence electrons. The molecule has 0 bridgehead atoms. The Hall–Kier alpha value is -0.240. The minimum atomic E-state index is -1.24. The van der Waals surface area contributed by atoms with Gasteiger partial charge in [-0.05, 0) is 24.2 Å². The first-order valence-corrected chi connectivity index (χ1v) is 10.1.